The highest BCUT2D eigenvalue weighted by Gasteiger charge is 2.29. The standard InChI is InChI=1S/C26H24BrN5O4/c1-15-12-22(24(32(35)36)16(2)29-15)31(26(34)30(3)4)14-17-8-10-18(11-9-17)25(33)19-13-28-21-7-5-6-20(27)23(19)21/h5-13,28H,14H2,1-4H3. The molecule has 36 heavy (non-hydrogen) atoms. The van der Waals surface area contributed by atoms with E-state index in [1.54, 1.807) is 64.5 Å². The normalized spacial score (nSPS) is 10.9. The number of halogens is 1. The maximum atomic E-state index is 13.2. The second-order valence-electron chi connectivity index (χ2n) is 8.63. The molecule has 10 heteroatoms. The largest absolute Gasteiger partial charge is 0.360 e. The van der Waals surface area contributed by atoms with Gasteiger partial charge in [-0.2, -0.15) is 0 Å². The first kappa shape index (κ1) is 25.1. The van der Waals surface area contributed by atoms with Crippen molar-refractivity contribution < 1.29 is 14.5 Å². The third kappa shape index (κ3) is 4.72. The van der Waals surface area contributed by atoms with Crippen LogP contribution in [0.25, 0.3) is 10.9 Å². The molecule has 4 rings (SSSR count). The number of carbonyl (C=O) groups excluding carboxylic acids is 2. The fourth-order valence-corrected chi connectivity index (χ4v) is 4.73. The van der Waals surface area contributed by atoms with Gasteiger partial charge in [0.05, 0.1) is 11.5 Å². The minimum absolute atomic E-state index is 0.0772. The molecule has 9 nitrogen and oxygen atoms in total. The number of hydrogen-bond acceptors (Lipinski definition) is 5. The number of aryl methyl sites for hydroxylation is 2. The smallest absolute Gasteiger partial charge is 0.324 e. The number of aromatic amines is 1. The zero-order valence-corrected chi connectivity index (χ0v) is 21.8. The van der Waals surface area contributed by atoms with Crippen molar-refractivity contribution in [2.75, 3.05) is 19.0 Å². The number of H-pyrrole nitrogens is 1. The number of nitrogens with zero attached hydrogens (tertiary/aromatic N) is 4. The molecular weight excluding hydrogens is 526 g/mol. The molecule has 184 valence electrons. The molecule has 0 spiro atoms. The number of urea groups is 1. The van der Waals surface area contributed by atoms with E-state index in [-0.39, 0.29) is 29.4 Å². The third-order valence-corrected chi connectivity index (χ3v) is 6.48. The van der Waals surface area contributed by atoms with Crippen LogP contribution in [0.3, 0.4) is 0 Å². The molecule has 2 aromatic carbocycles. The first-order valence-electron chi connectivity index (χ1n) is 11.1. The van der Waals surface area contributed by atoms with Crippen molar-refractivity contribution in [2.45, 2.75) is 20.4 Å². The number of carbonyl (C=O) groups is 2. The Kier molecular flexibility index (Phi) is 6.89. The summed E-state index contributed by atoms with van der Waals surface area (Å²) in [5.41, 5.74) is 3.36. The van der Waals surface area contributed by atoms with Gasteiger partial charge in [0, 0.05) is 52.5 Å². The van der Waals surface area contributed by atoms with Gasteiger partial charge in [0.1, 0.15) is 11.4 Å². The summed E-state index contributed by atoms with van der Waals surface area (Å²) in [5, 5.41) is 12.6. The number of nitrogens with one attached hydrogen (secondary N) is 1. The van der Waals surface area contributed by atoms with Crippen molar-refractivity contribution in [3.8, 4) is 0 Å². The fourth-order valence-electron chi connectivity index (χ4n) is 4.15. The van der Waals surface area contributed by atoms with Gasteiger partial charge >= 0.3 is 11.7 Å². The number of pyridine rings is 1. The average molecular weight is 550 g/mol. The predicted molar refractivity (Wildman–Crippen MR) is 142 cm³/mol. The van der Waals surface area contributed by atoms with Gasteiger partial charge in [0.2, 0.25) is 0 Å². The van der Waals surface area contributed by atoms with Crippen molar-refractivity contribution >= 4 is 50.0 Å². The molecule has 2 amide bonds. The van der Waals surface area contributed by atoms with Gasteiger partial charge in [-0.15, -0.1) is 0 Å². The van der Waals surface area contributed by atoms with Crippen LogP contribution in [0.2, 0.25) is 0 Å². The highest BCUT2D eigenvalue weighted by Crippen LogP contribution is 2.33. The van der Waals surface area contributed by atoms with Gasteiger partial charge in [-0.05, 0) is 37.6 Å². The molecule has 0 bridgehead atoms. The summed E-state index contributed by atoms with van der Waals surface area (Å²) >= 11 is 3.51. The van der Waals surface area contributed by atoms with E-state index in [1.807, 2.05) is 18.2 Å². The fraction of sp³-hybridized carbons (Fsp3) is 0.192. The molecule has 0 aliphatic carbocycles. The lowest BCUT2D eigenvalue weighted by molar-refractivity contribution is -0.385. The summed E-state index contributed by atoms with van der Waals surface area (Å²) < 4.78 is 0.823. The van der Waals surface area contributed by atoms with Crippen LogP contribution in [0, 0.1) is 24.0 Å². The molecule has 0 saturated heterocycles. The number of aromatic nitrogens is 2. The van der Waals surface area contributed by atoms with Gasteiger partial charge in [-0.1, -0.05) is 46.3 Å². The molecule has 4 aromatic rings. The summed E-state index contributed by atoms with van der Waals surface area (Å²) in [4.78, 5) is 47.6. The summed E-state index contributed by atoms with van der Waals surface area (Å²) in [5.74, 6) is -0.142. The molecule has 0 unspecified atom stereocenters. The van der Waals surface area contributed by atoms with Crippen LogP contribution in [0.15, 0.2) is 59.2 Å². The molecule has 0 radical (unpaired) electrons. The Morgan fingerprint density at radius 3 is 2.44 bits per heavy atom. The van der Waals surface area contributed by atoms with Crippen molar-refractivity contribution in [3.05, 3.63) is 97.4 Å². The van der Waals surface area contributed by atoms with E-state index in [9.17, 15) is 19.7 Å². The van der Waals surface area contributed by atoms with Crippen LogP contribution in [0.1, 0.15) is 32.9 Å². The monoisotopic (exact) mass is 549 g/mol. The minimum Gasteiger partial charge on any atom is -0.360 e. The van der Waals surface area contributed by atoms with Gasteiger partial charge in [-0.25, -0.2) is 4.79 Å². The second-order valence-corrected chi connectivity index (χ2v) is 9.48. The van der Waals surface area contributed by atoms with Gasteiger partial charge in [-0.3, -0.25) is 24.8 Å². The van der Waals surface area contributed by atoms with E-state index in [0.29, 0.717) is 22.4 Å². The average Bonchev–Trinajstić information content (AvgIpc) is 3.26. The number of anilines is 1. The van der Waals surface area contributed by atoms with Crippen LogP contribution >= 0.6 is 15.9 Å². The second kappa shape index (κ2) is 9.90. The molecule has 0 saturated carbocycles. The molecule has 0 aliphatic heterocycles. The van der Waals surface area contributed by atoms with Crippen LogP contribution in [-0.4, -0.2) is 45.7 Å². The van der Waals surface area contributed by atoms with Crippen LogP contribution in [0.4, 0.5) is 16.2 Å². The zero-order chi connectivity index (χ0) is 26.1. The predicted octanol–water partition coefficient (Wildman–Crippen LogP) is 5.77. The minimum atomic E-state index is -0.520. The molecule has 0 aliphatic rings. The van der Waals surface area contributed by atoms with E-state index in [2.05, 4.69) is 25.9 Å². The Hall–Kier alpha value is -4.05. The van der Waals surface area contributed by atoms with Crippen molar-refractivity contribution in [1.29, 1.82) is 0 Å². The lowest BCUT2D eigenvalue weighted by atomic mass is 10.0. The summed E-state index contributed by atoms with van der Waals surface area (Å²) in [6.45, 7) is 3.35. The Morgan fingerprint density at radius 2 is 1.81 bits per heavy atom. The Bertz CT molecular complexity index is 1490. The van der Waals surface area contributed by atoms with Crippen LogP contribution in [-0.2, 0) is 6.54 Å². The van der Waals surface area contributed by atoms with Gasteiger partial charge in [0.25, 0.3) is 0 Å². The number of hydrogen-bond donors (Lipinski definition) is 1. The van der Waals surface area contributed by atoms with E-state index < -0.39 is 11.0 Å². The third-order valence-electron chi connectivity index (χ3n) is 5.82. The lowest BCUT2D eigenvalue weighted by Crippen LogP contribution is -2.39. The lowest BCUT2D eigenvalue weighted by Gasteiger charge is -2.26. The summed E-state index contributed by atoms with van der Waals surface area (Å²) in [6.07, 6.45) is 1.69. The Morgan fingerprint density at radius 1 is 1.11 bits per heavy atom. The van der Waals surface area contributed by atoms with Crippen molar-refractivity contribution in [2.24, 2.45) is 0 Å². The number of fused-ring (bicyclic) bond motifs is 1. The van der Waals surface area contributed by atoms with Gasteiger partial charge < -0.3 is 9.88 Å². The van der Waals surface area contributed by atoms with E-state index in [0.717, 1.165) is 15.4 Å². The molecule has 1 N–H and O–H groups in total. The molecular formula is C26H24BrN5O4. The maximum Gasteiger partial charge on any atom is 0.324 e. The van der Waals surface area contributed by atoms with E-state index in [1.165, 1.54) is 9.80 Å². The Balaban J connectivity index is 1.68. The summed E-state index contributed by atoms with van der Waals surface area (Å²) in [6, 6.07) is 13.7. The summed E-state index contributed by atoms with van der Waals surface area (Å²) in [7, 11) is 3.17. The number of ketones is 1. The number of nitro groups is 1. The molecule has 2 heterocycles. The molecule has 0 atom stereocenters. The highest BCUT2D eigenvalue weighted by molar-refractivity contribution is 9.10. The van der Waals surface area contributed by atoms with Crippen LogP contribution in [0.5, 0.6) is 0 Å². The number of benzene rings is 2. The highest BCUT2D eigenvalue weighted by atomic mass is 79.9. The first-order valence-corrected chi connectivity index (χ1v) is 11.9. The first-order chi connectivity index (χ1) is 17.1. The SMILES string of the molecule is Cc1cc(N(Cc2ccc(C(=O)c3c[nH]c4cccc(Br)c34)cc2)C(=O)N(C)C)c([N+](=O)[O-])c(C)n1. The topological polar surface area (TPSA) is 112 Å². The van der Waals surface area contributed by atoms with E-state index >= 15 is 0 Å². The van der Waals surface area contributed by atoms with Gasteiger partial charge in [0.15, 0.2) is 5.78 Å². The number of rotatable bonds is 6. The number of amides is 2. The van der Waals surface area contributed by atoms with E-state index in [4.69, 9.17) is 0 Å². The maximum absolute atomic E-state index is 13.2. The molecule has 0 fully saturated rings. The van der Waals surface area contributed by atoms with Crippen molar-refractivity contribution in [3.63, 3.8) is 0 Å². The quantitative estimate of drug-likeness (QED) is 0.186. The van der Waals surface area contributed by atoms with Crippen molar-refractivity contribution in [1.82, 2.24) is 14.9 Å². The molecule has 2 aromatic heterocycles. The van der Waals surface area contributed by atoms with Crippen LogP contribution < -0.4 is 4.90 Å². The Labute approximate surface area is 216 Å². The zero-order valence-electron chi connectivity index (χ0n) is 20.2.